The molecular weight excluding hydrogens is 360 g/mol. The van der Waals surface area contributed by atoms with E-state index < -0.39 is 11.9 Å². The third-order valence-corrected chi connectivity index (χ3v) is 3.93. The fraction of sp³-hybridized carbons (Fsp3) is 0.500. The van der Waals surface area contributed by atoms with Crippen LogP contribution in [0.3, 0.4) is 0 Å². The minimum atomic E-state index is -0.468. The second-order valence-corrected chi connectivity index (χ2v) is 6.23. The standard InChI is InChI=1S/C18H25ClN2O5/c1-13(18(24)25-3)11-21(10-6-9-20-14(2)22)17(23)12-26-16-8-5-4-7-15(16)19/h4-5,7-8,13H,6,9-12H2,1-3H3,(H,20,22). The van der Waals surface area contributed by atoms with Crippen molar-refractivity contribution in [2.24, 2.45) is 5.92 Å². The summed E-state index contributed by atoms with van der Waals surface area (Å²) in [5, 5.41) is 3.09. The quantitative estimate of drug-likeness (QED) is 0.492. The van der Waals surface area contributed by atoms with Crippen LogP contribution < -0.4 is 10.1 Å². The van der Waals surface area contributed by atoms with Gasteiger partial charge in [0.25, 0.3) is 5.91 Å². The van der Waals surface area contributed by atoms with Crippen LogP contribution in [0.1, 0.15) is 20.3 Å². The lowest BCUT2D eigenvalue weighted by molar-refractivity contribution is -0.146. The average molecular weight is 385 g/mol. The average Bonchev–Trinajstić information content (AvgIpc) is 2.62. The molecule has 1 atom stereocenters. The van der Waals surface area contributed by atoms with E-state index in [0.717, 1.165) is 0 Å². The Morgan fingerprint density at radius 2 is 1.96 bits per heavy atom. The molecule has 2 amide bonds. The molecule has 0 bridgehead atoms. The predicted octanol–water partition coefficient (Wildman–Crippen LogP) is 1.88. The molecule has 0 aliphatic rings. The molecule has 0 heterocycles. The minimum absolute atomic E-state index is 0.132. The van der Waals surface area contributed by atoms with Gasteiger partial charge in [-0.05, 0) is 18.6 Å². The van der Waals surface area contributed by atoms with E-state index >= 15 is 0 Å². The summed E-state index contributed by atoms with van der Waals surface area (Å²) in [4.78, 5) is 36.6. The maximum Gasteiger partial charge on any atom is 0.310 e. The minimum Gasteiger partial charge on any atom is -0.482 e. The van der Waals surface area contributed by atoms with Crippen molar-refractivity contribution in [2.45, 2.75) is 20.3 Å². The summed E-state index contributed by atoms with van der Waals surface area (Å²) >= 11 is 6.01. The Hall–Kier alpha value is -2.28. The third-order valence-electron chi connectivity index (χ3n) is 3.62. The molecule has 1 rings (SSSR count). The maximum atomic E-state index is 12.5. The Kier molecular flexibility index (Phi) is 9.51. The number of ether oxygens (including phenoxy) is 2. The summed E-state index contributed by atoms with van der Waals surface area (Å²) in [6.07, 6.45) is 0.561. The van der Waals surface area contributed by atoms with Gasteiger partial charge in [-0.1, -0.05) is 30.7 Å². The van der Waals surface area contributed by atoms with E-state index in [-0.39, 0.29) is 25.0 Å². The molecule has 0 aliphatic carbocycles. The van der Waals surface area contributed by atoms with E-state index in [0.29, 0.717) is 30.3 Å². The van der Waals surface area contributed by atoms with Crippen molar-refractivity contribution < 1.29 is 23.9 Å². The molecule has 1 unspecified atom stereocenters. The number of carbonyl (C=O) groups excluding carboxylic acids is 3. The van der Waals surface area contributed by atoms with Gasteiger partial charge in [-0.25, -0.2) is 0 Å². The Balaban J connectivity index is 2.65. The molecule has 144 valence electrons. The molecule has 0 aromatic heterocycles. The zero-order chi connectivity index (χ0) is 19.5. The van der Waals surface area contributed by atoms with E-state index in [1.54, 1.807) is 31.2 Å². The lowest BCUT2D eigenvalue weighted by Gasteiger charge is -2.25. The van der Waals surface area contributed by atoms with Crippen molar-refractivity contribution in [1.82, 2.24) is 10.2 Å². The van der Waals surface area contributed by atoms with Crippen molar-refractivity contribution in [3.05, 3.63) is 29.3 Å². The number of hydrogen-bond donors (Lipinski definition) is 1. The highest BCUT2D eigenvalue weighted by Gasteiger charge is 2.22. The number of amides is 2. The van der Waals surface area contributed by atoms with Crippen molar-refractivity contribution in [3.63, 3.8) is 0 Å². The number of hydrogen-bond acceptors (Lipinski definition) is 5. The smallest absolute Gasteiger partial charge is 0.310 e. The molecule has 0 saturated carbocycles. The SMILES string of the molecule is COC(=O)C(C)CN(CCCNC(C)=O)C(=O)COc1ccccc1Cl. The molecule has 0 aliphatic heterocycles. The Morgan fingerprint density at radius 3 is 2.58 bits per heavy atom. The fourth-order valence-corrected chi connectivity index (χ4v) is 2.44. The number of carbonyl (C=O) groups is 3. The Bertz CT molecular complexity index is 623. The second-order valence-electron chi connectivity index (χ2n) is 5.82. The molecule has 26 heavy (non-hydrogen) atoms. The number of methoxy groups -OCH3 is 1. The van der Waals surface area contributed by atoms with Crippen molar-refractivity contribution >= 4 is 29.4 Å². The number of benzene rings is 1. The van der Waals surface area contributed by atoms with E-state index in [1.807, 2.05) is 0 Å². The Labute approximate surface area is 158 Å². The van der Waals surface area contributed by atoms with Crippen molar-refractivity contribution in [1.29, 1.82) is 0 Å². The number of nitrogens with zero attached hydrogens (tertiary/aromatic N) is 1. The summed E-state index contributed by atoms with van der Waals surface area (Å²) in [5.41, 5.74) is 0. The zero-order valence-electron chi connectivity index (χ0n) is 15.3. The second kappa shape index (κ2) is 11.4. The number of rotatable bonds is 10. The van der Waals surface area contributed by atoms with Gasteiger partial charge in [-0.2, -0.15) is 0 Å². The van der Waals surface area contributed by atoms with Crippen LogP contribution in [0.4, 0.5) is 0 Å². The van der Waals surface area contributed by atoms with E-state index in [2.05, 4.69) is 5.32 Å². The predicted molar refractivity (Wildman–Crippen MR) is 98.0 cm³/mol. The van der Waals surface area contributed by atoms with Gasteiger partial charge in [0, 0.05) is 26.6 Å². The molecule has 0 saturated heterocycles. The number of halogens is 1. The number of esters is 1. The Morgan fingerprint density at radius 1 is 1.27 bits per heavy atom. The van der Waals surface area contributed by atoms with Crippen LogP contribution in [0.5, 0.6) is 5.75 Å². The highest BCUT2D eigenvalue weighted by molar-refractivity contribution is 6.32. The van der Waals surface area contributed by atoms with Crippen LogP contribution in [-0.2, 0) is 19.1 Å². The highest BCUT2D eigenvalue weighted by atomic mass is 35.5. The number of para-hydroxylation sites is 1. The maximum absolute atomic E-state index is 12.5. The van der Waals surface area contributed by atoms with Crippen LogP contribution in [0.2, 0.25) is 5.02 Å². The molecule has 0 fully saturated rings. The normalized spacial score (nSPS) is 11.4. The number of nitrogens with one attached hydrogen (secondary N) is 1. The van der Waals surface area contributed by atoms with Gasteiger partial charge in [0.1, 0.15) is 5.75 Å². The van der Waals surface area contributed by atoms with E-state index in [1.165, 1.54) is 18.9 Å². The van der Waals surface area contributed by atoms with Gasteiger partial charge in [0.2, 0.25) is 5.91 Å². The van der Waals surface area contributed by atoms with Crippen LogP contribution in [-0.4, -0.2) is 56.0 Å². The zero-order valence-corrected chi connectivity index (χ0v) is 16.0. The lowest BCUT2D eigenvalue weighted by atomic mass is 10.1. The van der Waals surface area contributed by atoms with Gasteiger partial charge in [-0.15, -0.1) is 0 Å². The van der Waals surface area contributed by atoms with Gasteiger partial charge in [0.15, 0.2) is 6.61 Å². The molecule has 8 heteroatoms. The van der Waals surface area contributed by atoms with Gasteiger partial charge < -0.3 is 19.7 Å². The van der Waals surface area contributed by atoms with Gasteiger partial charge in [0.05, 0.1) is 18.1 Å². The van der Waals surface area contributed by atoms with Gasteiger partial charge >= 0.3 is 5.97 Å². The van der Waals surface area contributed by atoms with Crippen molar-refractivity contribution in [3.8, 4) is 5.75 Å². The fourth-order valence-electron chi connectivity index (χ4n) is 2.25. The molecular formula is C18H25ClN2O5. The summed E-state index contributed by atoms with van der Waals surface area (Å²) in [7, 11) is 1.31. The summed E-state index contributed by atoms with van der Waals surface area (Å²) in [5.74, 6) is -0.847. The first-order valence-electron chi connectivity index (χ1n) is 8.32. The first-order valence-corrected chi connectivity index (χ1v) is 8.70. The molecule has 0 radical (unpaired) electrons. The summed E-state index contributed by atoms with van der Waals surface area (Å²) in [6.45, 7) is 3.95. The van der Waals surface area contributed by atoms with Gasteiger partial charge in [-0.3, -0.25) is 14.4 Å². The summed E-state index contributed by atoms with van der Waals surface area (Å²) < 4.78 is 10.2. The van der Waals surface area contributed by atoms with Crippen molar-refractivity contribution in [2.75, 3.05) is 33.4 Å². The lowest BCUT2D eigenvalue weighted by Crippen LogP contribution is -2.41. The van der Waals surface area contributed by atoms with Crippen LogP contribution in [0.25, 0.3) is 0 Å². The highest BCUT2D eigenvalue weighted by Crippen LogP contribution is 2.23. The van der Waals surface area contributed by atoms with E-state index in [9.17, 15) is 14.4 Å². The van der Waals surface area contributed by atoms with Crippen LogP contribution in [0.15, 0.2) is 24.3 Å². The van der Waals surface area contributed by atoms with Crippen LogP contribution in [0, 0.1) is 5.92 Å². The van der Waals surface area contributed by atoms with Crippen LogP contribution >= 0.6 is 11.6 Å². The molecule has 1 aromatic rings. The van der Waals surface area contributed by atoms with E-state index in [4.69, 9.17) is 21.1 Å². The largest absolute Gasteiger partial charge is 0.482 e. The first kappa shape index (κ1) is 21.8. The third kappa shape index (κ3) is 7.74. The molecule has 0 spiro atoms. The summed E-state index contributed by atoms with van der Waals surface area (Å²) in [6, 6.07) is 6.87. The molecule has 7 nitrogen and oxygen atoms in total. The molecule has 1 N–H and O–H groups in total. The topological polar surface area (TPSA) is 84.9 Å². The first-order chi connectivity index (χ1) is 12.3. The molecule has 1 aromatic carbocycles. The monoisotopic (exact) mass is 384 g/mol.